The molecule has 1 aromatic heterocycles. The minimum atomic E-state index is -0.840. The molecule has 1 saturated heterocycles. The molecule has 2 amide bonds. The fraction of sp³-hybridized carbons (Fsp3) is 0.333. The van der Waals surface area contributed by atoms with Crippen LogP contribution >= 0.6 is 11.6 Å². The van der Waals surface area contributed by atoms with Gasteiger partial charge in [0.05, 0.1) is 24.8 Å². The molecule has 0 radical (unpaired) electrons. The molecule has 2 aromatic rings. The molecule has 2 N–H and O–H groups in total. The van der Waals surface area contributed by atoms with Gasteiger partial charge in [0.2, 0.25) is 5.91 Å². The number of carbonyl (C=O) groups excluding carboxylic acids is 2. The zero-order valence-electron chi connectivity index (χ0n) is 14.0. The molecule has 3 rings (SSSR count). The number of aromatic nitrogens is 2. The second kappa shape index (κ2) is 8.25. The topological polar surface area (TPSA) is 95.4 Å². The molecular formula is C18H19ClN4O3. The first-order valence-electron chi connectivity index (χ1n) is 8.30. The van der Waals surface area contributed by atoms with Crippen molar-refractivity contribution in [3.8, 4) is 0 Å². The summed E-state index contributed by atoms with van der Waals surface area (Å²) in [4.78, 5) is 34.0. The van der Waals surface area contributed by atoms with Gasteiger partial charge in [-0.15, -0.1) is 0 Å². The first kappa shape index (κ1) is 18.3. The van der Waals surface area contributed by atoms with E-state index in [1.807, 2.05) is 6.07 Å². The average Bonchev–Trinajstić information content (AvgIpc) is 2.64. The van der Waals surface area contributed by atoms with Crippen LogP contribution in [0.2, 0.25) is 5.02 Å². The number of piperidine rings is 1. The number of hydrogen-bond acceptors (Lipinski definition) is 5. The fourth-order valence-corrected chi connectivity index (χ4v) is 3.13. The molecule has 0 aliphatic carbocycles. The quantitative estimate of drug-likeness (QED) is 0.834. The Balaban J connectivity index is 1.54. The molecule has 7 nitrogen and oxygen atoms in total. The summed E-state index contributed by atoms with van der Waals surface area (Å²) in [7, 11) is 0. The summed E-state index contributed by atoms with van der Waals surface area (Å²) in [6, 6.07) is 6.72. The molecule has 1 aromatic carbocycles. The van der Waals surface area contributed by atoms with Gasteiger partial charge in [0.15, 0.2) is 0 Å². The number of likely N-dealkylation sites (tertiary alicyclic amines) is 1. The Kier molecular flexibility index (Phi) is 5.80. The summed E-state index contributed by atoms with van der Waals surface area (Å²) in [5, 5.41) is 13.7. The minimum absolute atomic E-state index is 0.0787. The highest BCUT2D eigenvalue weighted by molar-refractivity contribution is 6.30. The number of amides is 2. The predicted molar refractivity (Wildman–Crippen MR) is 95.6 cm³/mol. The van der Waals surface area contributed by atoms with Crippen LogP contribution in [0.5, 0.6) is 0 Å². The SMILES string of the molecule is O=C(N[C@@H]1CCN(C(=O)Cc2cccc(Cl)c2)C[C@H]1O)c1cnccn1. The Bertz CT molecular complexity index is 787. The molecule has 26 heavy (non-hydrogen) atoms. The maximum absolute atomic E-state index is 12.4. The number of β-amino-alcohol motifs (C(OH)–C–C–N with tert-alkyl or cyclic N) is 1. The van der Waals surface area contributed by atoms with E-state index in [-0.39, 0.29) is 30.5 Å². The molecule has 1 aliphatic heterocycles. The predicted octanol–water partition coefficient (Wildman–Crippen LogP) is 1.06. The van der Waals surface area contributed by atoms with Crippen molar-refractivity contribution in [1.29, 1.82) is 0 Å². The van der Waals surface area contributed by atoms with Crippen LogP contribution in [0, 0.1) is 0 Å². The number of rotatable bonds is 4. The number of nitrogens with zero attached hydrogens (tertiary/aromatic N) is 3. The minimum Gasteiger partial charge on any atom is -0.389 e. The standard InChI is InChI=1S/C18H19ClN4O3/c19-13-3-1-2-12(8-13)9-17(25)23-7-4-14(16(24)11-23)22-18(26)15-10-20-5-6-21-15/h1-3,5-6,8,10,14,16,24H,4,7,9,11H2,(H,22,26)/t14-,16-/m1/s1. The van der Waals surface area contributed by atoms with Gasteiger partial charge < -0.3 is 15.3 Å². The molecule has 2 heterocycles. The van der Waals surface area contributed by atoms with Crippen LogP contribution in [-0.2, 0) is 11.2 Å². The summed E-state index contributed by atoms with van der Waals surface area (Å²) in [5.74, 6) is -0.467. The normalized spacial score (nSPS) is 19.8. The zero-order valence-corrected chi connectivity index (χ0v) is 14.8. The summed E-state index contributed by atoms with van der Waals surface area (Å²) in [6.45, 7) is 0.632. The largest absolute Gasteiger partial charge is 0.389 e. The fourth-order valence-electron chi connectivity index (χ4n) is 2.92. The number of aliphatic hydroxyl groups excluding tert-OH is 1. The Morgan fingerprint density at radius 3 is 2.88 bits per heavy atom. The van der Waals surface area contributed by atoms with Gasteiger partial charge in [-0.05, 0) is 24.1 Å². The van der Waals surface area contributed by atoms with Crippen molar-refractivity contribution in [2.24, 2.45) is 0 Å². The van der Waals surface area contributed by atoms with E-state index in [1.54, 1.807) is 23.1 Å². The summed E-state index contributed by atoms with van der Waals surface area (Å²) in [6.07, 6.45) is 4.13. The van der Waals surface area contributed by atoms with Crippen molar-refractivity contribution >= 4 is 23.4 Å². The zero-order chi connectivity index (χ0) is 18.5. The Labute approximate surface area is 156 Å². The lowest BCUT2D eigenvalue weighted by atomic mass is 10.0. The van der Waals surface area contributed by atoms with Crippen LogP contribution in [0.4, 0.5) is 0 Å². The summed E-state index contributed by atoms with van der Waals surface area (Å²) >= 11 is 5.94. The van der Waals surface area contributed by atoms with Crippen LogP contribution in [0.3, 0.4) is 0 Å². The highest BCUT2D eigenvalue weighted by atomic mass is 35.5. The van der Waals surface area contributed by atoms with Crippen molar-refractivity contribution in [2.75, 3.05) is 13.1 Å². The number of halogens is 1. The van der Waals surface area contributed by atoms with Gasteiger partial charge in [-0.3, -0.25) is 14.6 Å². The van der Waals surface area contributed by atoms with Crippen molar-refractivity contribution in [3.63, 3.8) is 0 Å². The van der Waals surface area contributed by atoms with E-state index in [0.717, 1.165) is 5.56 Å². The third-order valence-electron chi connectivity index (χ3n) is 4.29. The maximum Gasteiger partial charge on any atom is 0.271 e. The third-order valence-corrected chi connectivity index (χ3v) is 4.53. The second-order valence-corrected chi connectivity index (χ2v) is 6.61. The monoisotopic (exact) mass is 374 g/mol. The van der Waals surface area contributed by atoms with Crippen molar-refractivity contribution < 1.29 is 14.7 Å². The lowest BCUT2D eigenvalue weighted by molar-refractivity contribution is -0.134. The van der Waals surface area contributed by atoms with Crippen molar-refractivity contribution in [1.82, 2.24) is 20.2 Å². The van der Waals surface area contributed by atoms with Crippen molar-refractivity contribution in [2.45, 2.75) is 25.0 Å². The molecule has 0 spiro atoms. The van der Waals surface area contributed by atoms with Crippen LogP contribution in [-0.4, -0.2) is 57.0 Å². The second-order valence-electron chi connectivity index (χ2n) is 6.17. The van der Waals surface area contributed by atoms with E-state index in [0.29, 0.717) is 18.0 Å². The van der Waals surface area contributed by atoms with E-state index in [9.17, 15) is 14.7 Å². The van der Waals surface area contributed by atoms with Crippen molar-refractivity contribution in [3.05, 3.63) is 59.1 Å². The average molecular weight is 375 g/mol. The molecule has 0 unspecified atom stereocenters. The van der Waals surface area contributed by atoms with Crippen LogP contribution in [0.1, 0.15) is 22.5 Å². The van der Waals surface area contributed by atoms with Gasteiger partial charge in [-0.25, -0.2) is 4.98 Å². The smallest absolute Gasteiger partial charge is 0.271 e. The summed E-state index contributed by atoms with van der Waals surface area (Å²) < 4.78 is 0. The highest BCUT2D eigenvalue weighted by Gasteiger charge is 2.31. The molecule has 1 fully saturated rings. The van der Waals surface area contributed by atoms with E-state index < -0.39 is 12.1 Å². The Morgan fingerprint density at radius 2 is 2.19 bits per heavy atom. The van der Waals surface area contributed by atoms with Gasteiger partial charge in [0.25, 0.3) is 5.91 Å². The molecule has 0 saturated carbocycles. The Hall–Kier alpha value is -2.51. The number of aliphatic hydroxyl groups is 1. The lowest BCUT2D eigenvalue weighted by Gasteiger charge is -2.36. The van der Waals surface area contributed by atoms with Crippen LogP contribution in [0.25, 0.3) is 0 Å². The van der Waals surface area contributed by atoms with Crippen LogP contribution < -0.4 is 5.32 Å². The highest BCUT2D eigenvalue weighted by Crippen LogP contribution is 2.16. The summed E-state index contributed by atoms with van der Waals surface area (Å²) in [5.41, 5.74) is 1.02. The van der Waals surface area contributed by atoms with E-state index in [4.69, 9.17) is 11.6 Å². The first-order valence-corrected chi connectivity index (χ1v) is 8.68. The first-order chi connectivity index (χ1) is 12.5. The molecule has 2 atom stereocenters. The van der Waals surface area contributed by atoms with Crippen LogP contribution in [0.15, 0.2) is 42.9 Å². The number of nitrogens with one attached hydrogen (secondary N) is 1. The number of carbonyl (C=O) groups is 2. The molecule has 8 heteroatoms. The molecule has 1 aliphatic rings. The number of hydrogen-bond donors (Lipinski definition) is 2. The number of benzene rings is 1. The maximum atomic E-state index is 12.4. The van der Waals surface area contributed by atoms with Gasteiger partial charge >= 0.3 is 0 Å². The molecule has 136 valence electrons. The van der Waals surface area contributed by atoms with E-state index in [2.05, 4.69) is 15.3 Å². The van der Waals surface area contributed by atoms with Gasteiger partial charge in [0, 0.05) is 30.5 Å². The van der Waals surface area contributed by atoms with E-state index >= 15 is 0 Å². The molecule has 0 bridgehead atoms. The van der Waals surface area contributed by atoms with E-state index in [1.165, 1.54) is 18.6 Å². The molecular weight excluding hydrogens is 356 g/mol. The Morgan fingerprint density at radius 1 is 1.35 bits per heavy atom. The third kappa shape index (κ3) is 4.56. The van der Waals surface area contributed by atoms with Gasteiger partial charge in [-0.2, -0.15) is 0 Å². The van der Waals surface area contributed by atoms with Gasteiger partial charge in [0.1, 0.15) is 5.69 Å². The lowest BCUT2D eigenvalue weighted by Crippen LogP contribution is -2.55. The van der Waals surface area contributed by atoms with Gasteiger partial charge in [-0.1, -0.05) is 23.7 Å².